The molecule has 0 aliphatic carbocycles. The third kappa shape index (κ3) is 3.37. The van der Waals surface area contributed by atoms with E-state index < -0.39 is 5.41 Å². The lowest BCUT2D eigenvalue weighted by Crippen LogP contribution is -2.32. The van der Waals surface area contributed by atoms with Crippen LogP contribution in [-0.4, -0.2) is 26.8 Å². The Hall–Kier alpha value is -1.71. The molecule has 0 heterocycles. The lowest BCUT2D eigenvalue weighted by atomic mass is 9.95. The molecule has 0 saturated carbocycles. The maximum Gasteiger partial charge on any atom is 0.314 e. The van der Waals surface area contributed by atoms with Gasteiger partial charge in [-0.15, -0.1) is 0 Å². The number of carbonyl (C=O) groups excluding carboxylic acids is 1. The quantitative estimate of drug-likeness (QED) is 0.738. The maximum absolute atomic E-state index is 11.5. The van der Waals surface area contributed by atoms with Gasteiger partial charge in [-0.3, -0.25) is 4.79 Å². The van der Waals surface area contributed by atoms with Crippen LogP contribution >= 0.6 is 0 Å². The predicted octanol–water partition coefficient (Wildman–Crippen LogP) is 2.27. The third-order valence-electron chi connectivity index (χ3n) is 2.40. The fourth-order valence-electron chi connectivity index (χ4n) is 1.33. The van der Waals surface area contributed by atoms with Gasteiger partial charge in [-0.05, 0) is 26.0 Å². The Kier molecular flexibility index (Phi) is 4.37. The van der Waals surface area contributed by atoms with Crippen molar-refractivity contribution in [3.8, 4) is 11.5 Å². The fraction of sp³-hybridized carbons (Fsp3) is 0.462. The molecule has 1 rings (SSSR count). The number of benzene rings is 1. The number of rotatable bonds is 5. The zero-order chi connectivity index (χ0) is 12.9. The molecule has 0 spiro atoms. The molecule has 1 aromatic carbocycles. The minimum absolute atomic E-state index is 0.236. The number of hydrogen-bond donors (Lipinski definition) is 0. The van der Waals surface area contributed by atoms with Crippen molar-refractivity contribution in [1.29, 1.82) is 0 Å². The number of methoxy groups -OCH3 is 2. The van der Waals surface area contributed by atoms with Gasteiger partial charge >= 0.3 is 5.97 Å². The summed E-state index contributed by atoms with van der Waals surface area (Å²) in [6.45, 7) is 3.78. The molecule has 0 fully saturated rings. The molecule has 4 nitrogen and oxygen atoms in total. The minimum Gasteiger partial charge on any atom is -0.493 e. The van der Waals surface area contributed by atoms with Crippen molar-refractivity contribution < 1.29 is 19.0 Å². The third-order valence-corrected chi connectivity index (χ3v) is 2.40. The smallest absolute Gasteiger partial charge is 0.314 e. The van der Waals surface area contributed by atoms with E-state index in [0.29, 0.717) is 11.5 Å². The van der Waals surface area contributed by atoms with Gasteiger partial charge in [0.25, 0.3) is 0 Å². The number of ether oxygens (including phenoxy) is 3. The fourth-order valence-corrected chi connectivity index (χ4v) is 1.33. The molecule has 0 bridgehead atoms. The lowest BCUT2D eigenvalue weighted by molar-refractivity contribution is -0.152. The molecule has 0 aromatic heterocycles. The van der Waals surface area contributed by atoms with Gasteiger partial charge in [0.15, 0.2) is 11.5 Å². The molecule has 0 saturated heterocycles. The van der Waals surface area contributed by atoms with Gasteiger partial charge in [0.1, 0.15) is 6.61 Å². The Morgan fingerprint density at radius 3 is 2.29 bits per heavy atom. The Morgan fingerprint density at radius 1 is 1.18 bits per heavy atom. The molecule has 0 radical (unpaired) electrons. The summed E-state index contributed by atoms with van der Waals surface area (Å²) in [4.78, 5) is 11.5. The largest absolute Gasteiger partial charge is 0.493 e. The van der Waals surface area contributed by atoms with E-state index in [2.05, 4.69) is 0 Å². The Balaban J connectivity index is 2.70. The zero-order valence-electron chi connectivity index (χ0n) is 10.6. The van der Waals surface area contributed by atoms with E-state index in [1.165, 1.54) is 7.11 Å². The van der Waals surface area contributed by atoms with Crippen molar-refractivity contribution in [1.82, 2.24) is 0 Å². The second kappa shape index (κ2) is 5.57. The molecule has 0 amide bonds. The van der Waals surface area contributed by atoms with E-state index >= 15 is 0 Å². The Bertz CT molecular complexity index is 385. The van der Waals surface area contributed by atoms with E-state index in [0.717, 1.165) is 0 Å². The second-order valence-electron chi connectivity index (χ2n) is 4.31. The SMILES string of the molecule is COC(=O)C(C)(C)COc1ccccc1OC. The van der Waals surface area contributed by atoms with Crippen LogP contribution in [0.4, 0.5) is 0 Å². The summed E-state index contributed by atoms with van der Waals surface area (Å²) in [5.41, 5.74) is -0.685. The zero-order valence-corrected chi connectivity index (χ0v) is 10.6. The predicted molar refractivity (Wildman–Crippen MR) is 64.3 cm³/mol. The average Bonchev–Trinajstić information content (AvgIpc) is 2.35. The second-order valence-corrected chi connectivity index (χ2v) is 4.31. The van der Waals surface area contributed by atoms with Crippen LogP contribution in [0.2, 0.25) is 0 Å². The first kappa shape index (κ1) is 13.4. The topological polar surface area (TPSA) is 44.8 Å². The first-order chi connectivity index (χ1) is 8.01. The van der Waals surface area contributed by atoms with Crippen LogP contribution in [0.3, 0.4) is 0 Å². The number of para-hydroxylation sites is 2. The highest BCUT2D eigenvalue weighted by Gasteiger charge is 2.30. The highest BCUT2D eigenvalue weighted by Crippen LogP contribution is 2.28. The molecular weight excluding hydrogens is 220 g/mol. The summed E-state index contributed by atoms with van der Waals surface area (Å²) in [5.74, 6) is 0.965. The van der Waals surface area contributed by atoms with E-state index in [-0.39, 0.29) is 12.6 Å². The molecule has 0 aliphatic rings. The Morgan fingerprint density at radius 2 is 1.76 bits per heavy atom. The molecule has 94 valence electrons. The number of esters is 1. The molecule has 0 unspecified atom stereocenters. The van der Waals surface area contributed by atoms with E-state index in [9.17, 15) is 4.79 Å². The number of carbonyl (C=O) groups is 1. The molecule has 4 heteroatoms. The average molecular weight is 238 g/mol. The van der Waals surface area contributed by atoms with Crippen LogP contribution in [0.1, 0.15) is 13.8 Å². The van der Waals surface area contributed by atoms with Gasteiger partial charge in [-0.1, -0.05) is 12.1 Å². The minimum atomic E-state index is -0.685. The van der Waals surface area contributed by atoms with Crippen molar-refractivity contribution in [2.75, 3.05) is 20.8 Å². The van der Waals surface area contributed by atoms with Crippen LogP contribution in [-0.2, 0) is 9.53 Å². The van der Waals surface area contributed by atoms with Gasteiger partial charge < -0.3 is 14.2 Å². The van der Waals surface area contributed by atoms with Gasteiger partial charge in [0.05, 0.1) is 19.6 Å². The summed E-state index contributed by atoms with van der Waals surface area (Å²) in [6, 6.07) is 7.31. The van der Waals surface area contributed by atoms with Crippen LogP contribution < -0.4 is 9.47 Å². The van der Waals surface area contributed by atoms with E-state index in [1.807, 2.05) is 12.1 Å². The monoisotopic (exact) mass is 238 g/mol. The highest BCUT2D eigenvalue weighted by molar-refractivity contribution is 5.75. The highest BCUT2D eigenvalue weighted by atomic mass is 16.5. The molecule has 1 aromatic rings. The summed E-state index contributed by atoms with van der Waals surface area (Å²) < 4.78 is 15.5. The molecule has 0 N–H and O–H groups in total. The lowest BCUT2D eigenvalue weighted by Gasteiger charge is -2.22. The van der Waals surface area contributed by atoms with Crippen LogP contribution in [0, 0.1) is 5.41 Å². The van der Waals surface area contributed by atoms with Crippen molar-refractivity contribution in [3.63, 3.8) is 0 Å². The van der Waals surface area contributed by atoms with Crippen molar-refractivity contribution in [2.24, 2.45) is 5.41 Å². The van der Waals surface area contributed by atoms with Crippen LogP contribution in [0.15, 0.2) is 24.3 Å². The summed E-state index contributed by atoms with van der Waals surface area (Å²) >= 11 is 0. The normalized spacial score (nSPS) is 10.8. The van der Waals surface area contributed by atoms with Crippen molar-refractivity contribution >= 4 is 5.97 Å². The molecule has 17 heavy (non-hydrogen) atoms. The van der Waals surface area contributed by atoms with Gasteiger partial charge in [0, 0.05) is 0 Å². The van der Waals surface area contributed by atoms with Gasteiger partial charge in [0.2, 0.25) is 0 Å². The van der Waals surface area contributed by atoms with Crippen LogP contribution in [0.5, 0.6) is 11.5 Å². The van der Waals surface area contributed by atoms with Gasteiger partial charge in [-0.25, -0.2) is 0 Å². The van der Waals surface area contributed by atoms with Gasteiger partial charge in [-0.2, -0.15) is 0 Å². The van der Waals surface area contributed by atoms with E-state index in [4.69, 9.17) is 14.2 Å². The van der Waals surface area contributed by atoms with Crippen molar-refractivity contribution in [3.05, 3.63) is 24.3 Å². The van der Waals surface area contributed by atoms with E-state index in [1.54, 1.807) is 33.1 Å². The standard InChI is InChI=1S/C13H18O4/c1-13(2,12(14)16-4)9-17-11-8-6-5-7-10(11)15-3/h5-8H,9H2,1-4H3. The molecular formula is C13H18O4. The first-order valence-electron chi connectivity index (χ1n) is 5.35. The maximum atomic E-state index is 11.5. The first-order valence-corrected chi connectivity index (χ1v) is 5.35. The summed E-state index contributed by atoms with van der Waals surface area (Å²) in [7, 11) is 2.95. The Labute approximate surface area is 101 Å². The molecule has 0 atom stereocenters. The number of hydrogen-bond acceptors (Lipinski definition) is 4. The van der Waals surface area contributed by atoms with Crippen LogP contribution in [0.25, 0.3) is 0 Å². The van der Waals surface area contributed by atoms with Crippen molar-refractivity contribution in [2.45, 2.75) is 13.8 Å². The summed E-state index contributed by atoms with van der Waals surface area (Å²) in [5, 5.41) is 0. The molecule has 0 aliphatic heterocycles. The summed E-state index contributed by atoms with van der Waals surface area (Å²) in [6.07, 6.45) is 0.